The first-order valence-electron chi connectivity index (χ1n) is 5.45. The Labute approximate surface area is 103 Å². The summed E-state index contributed by atoms with van der Waals surface area (Å²) in [4.78, 5) is 0. The van der Waals surface area contributed by atoms with Gasteiger partial charge in [-0.1, -0.05) is 12.1 Å². The largest absolute Gasteiger partial charge is 0.489 e. The molecule has 0 amide bonds. The van der Waals surface area contributed by atoms with Crippen molar-refractivity contribution >= 4 is 0 Å². The van der Waals surface area contributed by atoms with E-state index >= 15 is 0 Å². The summed E-state index contributed by atoms with van der Waals surface area (Å²) in [5.41, 5.74) is 0.931. The Morgan fingerprint density at radius 1 is 1.00 bits per heavy atom. The molecule has 0 saturated heterocycles. The van der Waals surface area contributed by atoms with Gasteiger partial charge in [-0.15, -0.1) is 0 Å². The number of rotatable bonds is 4. The summed E-state index contributed by atoms with van der Waals surface area (Å²) in [6.45, 7) is -0.0825. The van der Waals surface area contributed by atoms with Crippen LogP contribution in [0.15, 0.2) is 42.5 Å². The second-order valence-corrected chi connectivity index (χ2v) is 3.83. The highest BCUT2D eigenvalue weighted by Gasteiger charge is 2.04. The Hall–Kier alpha value is -1.94. The molecule has 0 unspecified atom stereocenters. The van der Waals surface area contributed by atoms with Crippen LogP contribution in [0.5, 0.6) is 5.75 Å². The van der Waals surface area contributed by atoms with Crippen molar-refractivity contribution < 1.29 is 18.6 Å². The molecule has 0 aromatic heterocycles. The van der Waals surface area contributed by atoms with E-state index in [9.17, 15) is 8.78 Å². The molecule has 94 valence electrons. The molecule has 2 aromatic carbocycles. The fourth-order valence-electron chi connectivity index (χ4n) is 1.51. The summed E-state index contributed by atoms with van der Waals surface area (Å²) in [5, 5.41) is 8.87. The van der Waals surface area contributed by atoms with Gasteiger partial charge >= 0.3 is 0 Å². The lowest BCUT2D eigenvalue weighted by atomic mass is 10.2. The van der Waals surface area contributed by atoms with Gasteiger partial charge in [0.05, 0.1) is 6.61 Å². The summed E-state index contributed by atoms with van der Waals surface area (Å²) in [6, 6.07) is 10.00. The minimum atomic E-state index is -0.497. The van der Waals surface area contributed by atoms with Gasteiger partial charge in [-0.2, -0.15) is 0 Å². The molecule has 1 N–H and O–H groups in total. The molecule has 0 atom stereocenters. The van der Waals surface area contributed by atoms with E-state index in [1.807, 2.05) is 0 Å². The first kappa shape index (κ1) is 12.5. The van der Waals surface area contributed by atoms with Crippen LogP contribution in [-0.4, -0.2) is 5.11 Å². The number of hydrogen-bond acceptors (Lipinski definition) is 2. The summed E-state index contributed by atoms with van der Waals surface area (Å²) in [5.74, 6) is -0.454. The molecule has 0 aliphatic carbocycles. The van der Waals surface area contributed by atoms with Crippen molar-refractivity contribution in [3.63, 3.8) is 0 Å². The highest BCUT2D eigenvalue weighted by molar-refractivity contribution is 5.27. The molecule has 0 spiro atoms. The Morgan fingerprint density at radius 2 is 1.72 bits per heavy atom. The van der Waals surface area contributed by atoms with Crippen LogP contribution in [0.2, 0.25) is 0 Å². The molecular formula is C14H12F2O2. The van der Waals surface area contributed by atoms with Crippen LogP contribution in [-0.2, 0) is 13.2 Å². The first-order chi connectivity index (χ1) is 8.69. The predicted molar refractivity (Wildman–Crippen MR) is 63.1 cm³/mol. The normalized spacial score (nSPS) is 10.4. The lowest BCUT2D eigenvalue weighted by Crippen LogP contribution is -1.99. The molecule has 2 nitrogen and oxygen atoms in total. The van der Waals surface area contributed by atoms with Crippen LogP contribution in [0.4, 0.5) is 8.78 Å². The molecule has 0 heterocycles. The molecule has 18 heavy (non-hydrogen) atoms. The Balaban J connectivity index is 2.04. The third-order valence-corrected chi connectivity index (χ3v) is 2.51. The fourth-order valence-corrected chi connectivity index (χ4v) is 1.51. The average molecular weight is 250 g/mol. The van der Waals surface area contributed by atoms with Crippen LogP contribution in [0, 0.1) is 11.6 Å². The van der Waals surface area contributed by atoms with Gasteiger partial charge in [0.15, 0.2) is 0 Å². The summed E-state index contributed by atoms with van der Waals surface area (Å²) in [7, 11) is 0. The Morgan fingerprint density at radius 3 is 2.39 bits per heavy atom. The van der Waals surface area contributed by atoms with E-state index in [-0.39, 0.29) is 18.8 Å². The van der Waals surface area contributed by atoms with Crippen LogP contribution in [0.25, 0.3) is 0 Å². The van der Waals surface area contributed by atoms with Gasteiger partial charge in [0.25, 0.3) is 0 Å². The van der Waals surface area contributed by atoms with Crippen LogP contribution < -0.4 is 4.74 Å². The Kier molecular flexibility index (Phi) is 3.89. The molecule has 0 radical (unpaired) electrons. The number of halogens is 2. The molecule has 4 heteroatoms. The maximum Gasteiger partial charge on any atom is 0.130 e. The molecular weight excluding hydrogens is 238 g/mol. The topological polar surface area (TPSA) is 29.5 Å². The molecule has 2 rings (SSSR count). The highest BCUT2D eigenvalue weighted by atomic mass is 19.1. The summed E-state index contributed by atoms with van der Waals surface area (Å²) >= 11 is 0. The second-order valence-electron chi connectivity index (χ2n) is 3.83. The third-order valence-electron chi connectivity index (χ3n) is 2.51. The van der Waals surface area contributed by atoms with Crippen molar-refractivity contribution in [3.8, 4) is 5.75 Å². The number of hydrogen-bond donors (Lipinski definition) is 1. The van der Waals surface area contributed by atoms with Gasteiger partial charge in [0.1, 0.15) is 24.0 Å². The van der Waals surface area contributed by atoms with Gasteiger partial charge in [-0.3, -0.25) is 0 Å². The molecule has 0 aliphatic heterocycles. The van der Waals surface area contributed by atoms with Crippen molar-refractivity contribution in [1.82, 2.24) is 0 Å². The van der Waals surface area contributed by atoms with Gasteiger partial charge in [-0.25, -0.2) is 8.78 Å². The maximum atomic E-state index is 13.3. The quantitative estimate of drug-likeness (QED) is 0.903. The number of aliphatic hydroxyl groups is 1. The monoisotopic (exact) mass is 250 g/mol. The zero-order valence-corrected chi connectivity index (χ0v) is 9.57. The predicted octanol–water partition coefficient (Wildman–Crippen LogP) is 3.04. The van der Waals surface area contributed by atoms with E-state index in [0.29, 0.717) is 5.75 Å². The van der Waals surface area contributed by atoms with Crippen LogP contribution in [0.1, 0.15) is 11.1 Å². The first-order valence-corrected chi connectivity index (χ1v) is 5.45. The van der Waals surface area contributed by atoms with Crippen LogP contribution >= 0.6 is 0 Å². The SMILES string of the molecule is OCc1ccc(OCc2cc(F)ccc2F)cc1. The highest BCUT2D eigenvalue weighted by Crippen LogP contribution is 2.16. The molecule has 0 fully saturated rings. The smallest absolute Gasteiger partial charge is 0.130 e. The van der Waals surface area contributed by atoms with E-state index in [2.05, 4.69) is 0 Å². The average Bonchev–Trinajstić information content (AvgIpc) is 2.40. The van der Waals surface area contributed by atoms with E-state index in [0.717, 1.165) is 23.8 Å². The second kappa shape index (κ2) is 5.60. The zero-order chi connectivity index (χ0) is 13.0. The number of aliphatic hydroxyl groups excluding tert-OH is 1. The van der Waals surface area contributed by atoms with E-state index in [1.165, 1.54) is 0 Å². The minimum Gasteiger partial charge on any atom is -0.489 e. The summed E-state index contributed by atoms with van der Waals surface area (Å²) in [6.07, 6.45) is 0. The van der Waals surface area contributed by atoms with E-state index < -0.39 is 11.6 Å². The van der Waals surface area contributed by atoms with Crippen molar-refractivity contribution in [2.24, 2.45) is 0 Å². The van der Waals surface area contributed by atoms with Crippen molar-refractivity contribution in [3.05, 3.63) is 65.2 Å². The molecule has 0 aliphatic rings. The Bertz CT molecular complexity index is 524. The molecule has 0 bridgehead atoms. The van der Waals surface area contributed by atoms with E-state index in [4.69, 9.17) is 9.84 Å². The van der Waals surface area contributed by atoms with Crippen LogP contribution in [0.3, 0.4) is 0 Å². The van der Waals surface area contributed by atoms with Gasteiger partial charge in [-0.05, 0) is 35.9 Å². The van der Waals surface area contributed by atoms with Gasteiger partial charge in [0, 0.05) is 5.56 Å². The number of benzene rings is 2. The zero-order valence-electron chi connectivity index (χ0n) is 9.57. The van der Waals surface area contributed by atoms with Gasteiger partial charge in [0.2, 0.25) is 0 Å². The minimum absolute atomic E-state index is 0.0396. The van der Waals surface area contributed by atoms with Crippen molar-refractivity contribution in [1.29, 1.82) is 0 Å². The summed E-state index contributed by atoms with van der Waals surface area (Å²) < 4.78 is 31.6. The standard InChI is InChI=1S/C14H12F2O2/c15-12-3-6-14(16)11(7-12)9-18-13-4-1-10(8-17)2-5-13/h1-7,17H,8-9H2. The van der Waals surface area contributed by atoms with E-state index in [1.54, 1.807) is 24.3 Å². The lowest BCUT2D eigenvalue weighted by molar-refractivity contribution is 0.280. The van der Waals surface area contributed by atoms with Gasteiger partial charge < -0.3 is 9.84 Å². The lowest BCUT2D eigenvalue weighted by Gasteiger charge is -2.07. The molecule has 0 saturated carbocycles. The third kappa shape index (κ3) is 3.05. The molecule has 2 aromatic rings. The van der Waals surface area contributed by atoms with Crippen molar-refractivity contribution in [2.45, 2.75) is 13.2 Å². The maximum absolute atomic E-state index is 13.3. The fraction of sp³-hybridized carbons (Fsp3) is 0.143. The van der Waals surface area contributed by atoms with Crippen molar-refractivity contribution in [2.75, 3.05) is 0 Å². The number of ether oxygens (including phenoxy) is 1.